The van der Waals surface area contributed by atoms with Crippen LogP contribution < -0.4 is 4.74 Å². The van der Waals surface area contributed by atoms with Crippen LogP contribution in [0.25, 0.3) is 0 Å². The number of methoxy groups -OCH3 is 1. The van der Waals surface area contributed by atoms with Crippen molar-refractivity contribution in [3.05, 3.63) is 63.4 Å². The van der Waals surface area contributed by atoms with Gasteiger partial charge >= 0.3 is 0 Å². The van der Waals surface area contributed by atoms with Crippen molar-refractivity contribution in [2.75, 3.05) is 7.11 Å². The summed E-state index contributed by atoms with van der Waals surface area (Å²) in [6, 6.07) is 10.4. The minimum absolute atomic E-state index is 0.245. The van der Waals surface area contributed by atoms with Gasteiger partial charge in [0.2, 0.25) is 0 Å². The van der Waals surface area contributed by atoms with E-state index in [1.165, 1.54) is 12.1 Å². The summed E-state index contributed by atoms with van der Waals surface area (Å²) >= 11 is 3.46. The van der Waals surface area contributed by atoms with E-state index in [0.29, 0.717) is 19.3 Å². The molecule has 0 saturated heterocycles. The van der Waals surface area contributed by atoms with Gasteiger partial charge in [0.1, 0.15) is 11.6 Å². The third-order valence-electron chi connectivity index (χ3n) is 4.09. The maximum Gasteiger partial charge on any atom is 0.133 e. The second-order valence-electron chi connectivity index (χ2n) is 5.48. The Labute approximate surface area is 131 Å². The molecule has 2 aromatic rings. The third-order valence-corrected chi connectivity index (χ3v) is 4.71. The van der Waals surface area contributed by atoms with Crippen LogP contribution in [-0.4, -0.2) is 12.2 Å². The van der Waals surface area contributed by atoms with Crippen molar-refractivity contribution < 1.29 is 14.2 Å². The fourth-order valence-corrected chi connectivity index (χ4v) is 3.63. The lowest BCUT2D eigenvalue weighted by atomic mass is 9.89. The van der Waals surface area contributed by atoms with Crippen molar-refractivity contribution in [3.63, 3.8) is 0 Å². The highest BCUT2D eigenvalue weighted by atomic mass is 79.9. The molecule has 0 aliphatic heterocycles. The first kappa shape index (κ1) is 14.5. The first-order chi connectivity index (χ1) is 10.0. The van der Waals surface area contributed by atoms with E-state index in [4.69, 9.17) is 4.74 Å². The van der Waals surface area contributed by atoms with E-state index in [-0.39, 0.29) is 5.82 Å². The van der Waals surface area contributed by atoms with Crippen LogP contribution in [0.3, 0.4) is 0 Å². The maximum absolute atomic E-state index is 13.3. The molecule has 0 amide bonds. The summed E-state index contributed by atoms with van der Waals surface area (Å²) < 4.78 is 19.4. The normalized spacial score (nSPS) is 20.4. The Kier molecular flexibility index (Phi) is 3.76. The van der Waals surface area contributed by atoms with Gasteiger partial charge in [0, 0.05) is 6.42 Å². The topological polar surface area (TPSA) is 29.5 Å². The van der Waals surface area contributed by atoms with E-state index in [0.717, 1.165) is 26.9 Å². The standard InChI is InChI=1S/C17H16BrFO2/c1-21-16-5-2-11(8-15(16)18)10-17(20)7-6-12-9-13(19)3-4-14(12)17/h2-5,8-9,20H,6-7,10H2,1H3. The molecule has 2 aromatic carbocycles. The second-order valence-corrected chi connectivity index (χ2v) is 6.33. The number of ether oxygens (including phenoxy) is 1. The van der Waals surface area contributed by atoms with Crippen LogP contribution in [0.4, 0.5) is 4.39 Å². The molecular formula is C17H16BrFO2. The molecule has 4 heteroatoms. The molecule has 0 aromatic heterocycles. The molecule has 0 fully saturated rings. The zero-order valence-corrected chi connectivity index (χ0v) is 13.3. The molecule has 2 nitrogen and oxygen atoms in total. The minimum Gasteiger partial charge on any atom is -0.496 e. The Morgan fingerprint density at radius 1 is 1.29 bits per heavy atom. The fourth-order valence-electron chi connectivity index (χ4n) is 3.04. The van der Waals surface area contributed by atoms with E-state index in [9.17, 15) is 9.50 Å². The van der Waals surface area contributed by atoms with Crippen molar-refractivity contribution in [2.24, 2.45) is 0 Å². The molecular weight excluding hydrogens is 335 g/mol. The van der Waals surface area contributed by atoms with Crippen LogP contribution in [-0.2, 0) is 18.4 Å². The summed E-state index contributed by atoms with van der Waals surface area (Å²) in [6.07, 6.45) is 1.84. The summed E-state index contributed by atoms with van der Waals surface area (Å²) in [5.74, 6) is 0.518. The summed E-state index contributed by atoms with van der Waals surface area (Å²) in [6.45, 7) is 0. The van der Waals surface area contributed by atoms with Crippen molar-refractivity contribution in [1.29, 1.82) is 0 Å². The van der Waals surface area contributed by atoms with Gasteiger partial charge in [-0.2, -0.15) is 0 Å². The Balaban J connectivity index is 1.90. The van der Waals surface area contributed by atoms with Crippen molar-refractivity contribution in [1.82, 2.24) is 0 Å². The molecule has 1 unspecified atom stereocenters. The van der Waals surface area contributed by atoms with E-state index < -0.39 is 5.60 Å². The molecule has 0 radical (unpaired) electrons. The van der Waals surface area contributed by atoms with Gasteiger partial charge in [0.05, 0.1) is 17.2 Å². The fraction of sp³-hybridized carbons (Fsp3) is 0.294. The molecule has 110 valence electrons. The van der Waals surface area contributed by atoms with Gasteiger partial charge in [-0.3, -0.25) is 0 Å². The van der Waals surface area contributed by atoms with Crippen LogP contribution in [0.2, 0.25) is 0 Å². The van der Waals surface area contributed by atoms with Crippen LogP contribution in [0.5, 0.6) is 5.75 Å². The van der Waals surface area contributed by atoms with Gasteiger partial charge < -0.3 is 9.84 Å². The predicted octanol–water partition coefficient (Wildman–Crippen LogP) is 3.97. The van der Waals surface area contributed by atoms with Crippen molar-refractivity contribution in [3.8, 4) is 5.75 Å². The molecule has 0 bridgehead atoms. The SMILES string of the molecule is COc1ccc(CC2(O)CCc3cc(F)ccc32)cc1Br. The summed E-state index contributed by atoms with van der Waals surface area (Å²) in [5, 5.41) is 10.9. The molecule has 0 heterocycles. The average Bonchev–Trinajstić information content (AvgIpc) is 2.76. The molecule has 1 aliphatic rings. The number of fused-ring (bicyclic) bond motifs is 1. The lowest BCUT2D eigenvalue weighted by molar-refractivity contribution is 0.0389. The Bertz CT molecular complexity index is 686. The summed E-state index contributed by atoms with van der Waals surface area (Å²) in [5.41, 5.74) is 1.85. The molecule has 21 heavy (non-hydrogen) atoms. The first-order valence-corrected chi connectivity index (χ1v) is 7.65. The molecule has 1 N–H and O–H groups in total. The highest BCUT2D eigenvalue weighted by Gasteiger charge is 2.36. The number of rotatable bonds is 3. The van der Waals surface area contributed by atoms with Gasteiger partial charge in [0.25, 0.3) is 0 Å². The van der Waals surface area contributed by atoms with Gasteiger partial charge in [-0.05, 0) is 69.7 Å². The highest BCUT2D eigenvalue weighted by molar-refractivity contribution is 9.10. The Morgan fingerprint density at radius 2 is 2.10 bits per heavy atom. The highest BCUT2D eigenvalue weighted by Crippen LogP contribution is 2.40. The quantitative estimate of drug-likeness (QED) is 0.907. The monoisotopic (exact) mass is 350 g/mol. The van der Waals surface area contributed by atoms with Crippen LogP contribution in [0, 0.1) is 5.82 Å². The lowest BCUT2D eigenvalue weighted by Gasteiger charge is -2.24. The lowest BCUT2D eigenvalue weighted by Crippen LogP contribution is -2.25. The first-order valence-electron chi connectivity index (χ1n) is 6.85. The van der Waals surface area contributed by atoms with Crippen LogP contribution in [0.1, 0.15) is 23.1 Å². The van der Waals surface area contributed by atoms with Gasteiger partial charge in [-0.15, -0.1) is 0 Å². The molecule has 1 aliphatic carbocycles. The summed E-state index contributed by atoms with van der Waals surface area (Å²) in [7, 11) is 1.62. The number of hydrogen-bond donors (Lipinski definition) is 1. The number of aliphatic hydroxyl groups is 1. The Morgan fingerprint density at radius 3 is 2.81 bits per heavy atom. The smallest absolute Gasteiger partial charge is 0.133 e. The van der Waals surface area contributed by atoms with E-state index in [2.05, 4.69) is 15.9 Å². The zero-order chi connectivity index (χ0) is 15.0. The predicted molar refractivity (Wildman–Crippen MR) is 83.0 cm³/mol. The van der Waals surface area contributed by atoms with Gasteiger partial charge in [0.15, 0.2) is 0 Å². The zero-order valence-electron chi connectivity index (χ0n) is 11.7. The summed E-state index contributed by atoms with van der Waals surface area (Å²) in [4.78, 5) is 0. The molecule has 0 saturated carbocycles. The molecule has 0 spiro atoms. The van der Waals surface area contributed by atoms with Crippen LogP contribution in [0.15, 0.2) is 40.9 Å². The number of hydrogen-bond acceptors (Lipinski definition) is 2. The number of halogens is 2. The molecule has 1 atom stereocenters. The van der Waals surface area contributed by atoms with E-state index >= 15 is 0 Å². The van der Waals surface area contributed by atoms with Gasteiger partial charge in [-0.1, -0.05) is 12.1 Å². The largest absolute Gasteiger partial charge is 0.496 e. The average molecular weight is 351 g/mol. The second kappa shape index (κ2) is 5.43. The Hall–Kier alpha value is -1.39. The van der Waals surface area contributed by atoms with E-state index in [1.807, 2.05) is 18.2 Å². The van der Waals surface area contributed by atoms with Crippen molar-refractivity contribution >= 4 is 15.9 Å². The van der Waals surface area contributed by atoms with E-state index in [1.54, 1.807) is 13.2 Å². The van der Waals surface area contributed by atoms with Crippen LogP contribution >= 0.6 is 15.9 Å². The minimum atomic E-state index is -0.920. The van der Waals surface area contributed by atoms with Gasteiger partial charge in [-0.25, -0.2) is 4.39 Å². The third kappa shape index (κ3) is 2.70. The van der Waals surface area contributed by atoms with Crippen molar-refractivity contribution in [2.45, 2.75) is 24.9 Å². The number of aryl methyl sites for hydroxylation is 1. The maximum atomic E-state index is 13.3. The molecule has 3 rings (SSSR count). The number of benzene rings is 2.